The van der Waals surface area contributed by atoms with Gasteiger partial charge in [-0.05, 0) is 38.1 Å². The Morgan fingerprint density at radius 3 is 2.56 bits per heavy atom. The lowest BCUT2D eigenvalue weighted by atomic mass is 9.78. The van der Waals surface area contributed by atoms with Gasteiger partial charge < -0.3 is 16.2 Å². The van der Waals surface area contributed by atoms with Crippen molar-refractivity contribution in [1.29, 1.82) is 0 Å². The molecule has 0 aromatic rings. The molecule has 18 heavy (non-hydrogen) atoms. The van der Waals surface area contributed by atoms with Crippen LogP contribution in [0.2, 0.25) is 0 Å². The second-order valence-corrected chi connectivity index (χ2v) is 5.88. The molecule has 104 valence electrons. The Kier molecular flexibility index (Phi) is 5.01. The van der Waals surface area contributed by atoms with E-state index in [0.717, 1.165) is 38.5 Å². The molecule has 2 rings (SSSR count). The summed E-state index contributed by atoms with van der Waals surface area (Å²) in [5.74, 6) is 0.890. The maximum absolute atomic E-state index is 12.3. The molecule has 0 bridgehead atoms. The van der Waals surface area contributed by atoms with Gasteiger partial charge in [0.1, 0.15) is 0 Å². The largest absolute Gasteiger partial charge is 0.396 e. The normalized spacial score (nSPS) is 36.6. The van der Waals surface area contributed by atoms with Gasteiger partial charge in [0.2, 0.25) is 5.91 Å². The number of aliphatic hydroxyl groups is 1. The first-order valence-electron chi connectivity index (χ1n) is 7.37. The highest BCUT2D eigenvalue weighted by Crippen LogP contribution is 2.31. The summed E-state index contributed by atoms with van der Waals surface area (Å²) in [5.41, 5.74) is 5.77. The fourth-order valence-electron chi connectivity index (χ4n) is 3.57. The summed E-state index contributed by atoms with van der Waals surface area (Å²) < 4.78 is 0. The molecule has 2 fully saturated rings. The van der Waals surface area contributed by atoms with E-state index in [2.05, 4.69) is 5.32 Å². The van der Waals surface area contributed by atoms with E-state index >= 15 is 0 Å². The molecule has 0 aromatic carbocycles. The zero-order valence-corrected chi connectivity index (χ0v) is 11.1. The topological polar surface area (TPSA) is 75.4 Å². The Balaban J connectivity index is 1.89. The number of nitrogens with one attached hydrogen (secondary N) is 1. The number of amides is 1. The molecule has 1 amide bonds. The monoisotopic (exact) mass is 254 g/mol. The van der Waals surface area contributed by atoms with Gasteiger partial charge in [0, 0.05) is 24.5 Å². The fourth-order valence-corrected chi connectivity index (χ4v) is 3.57. The number of hydrogen-bond donors (Lipinski definition) is 3. The van der Waals surface area contributed by atoms with Crippen LogP contribution < -0.4 is 11.1 Å². The van der Waals surface area contributed by atoms with E-state index in [9.17, 15) is 9.90 Å². The highest BCUT2D eigenvalue weighted by atomic mass is 16.3. The molecule has 2 aliphatic carbocycles. The van der Waals surface area contributed by atoms with E-state index < -0.39 is 0 Å². The summed E-state index contributed by atoms with van der Waals surface area (Å²) in [7, 11) is 0. The summed E-state index contributed by atoms with van der Waals surface area (Å²) in [6, 6.07) is 0.183. The number of carbonyl (C=O) groups excluding carboxylic acids is 1. The second kappa shape index (κ2) is 6.53. The highest BCUT2D eigenvalue weighted by Gasteiger charge is 2.34. The predicted octanol–water partition coefficient (Wildman–Crippen LogP) is 1.03. The number of nitrogens with two attached hydrogens (primary N) is 1. The molecule has 0 aromatic heterocycles. The lowest BCUT2D eigenvalue weighted by Gasteiger charge is -2.31. The van der Waals surface area contributed by atoms with Crippen LogP contribution in [-0.2, 0) is 4.79 Å². The van der Waals surface area contributed by atoms with Gasteiger partial charge in [-0.25, -0.2) is 0 Å². The third kappa shape index (κ3) is 3.04. The minimum Gasteiger partial charge on any atom is -0.396 e. The smallest absolute Gasteiger partial charge is 0.223 e. The Labute approximate surface area is 109 Å². The molecule has 0 saturated heterocycles. The molecular weight excluding hydrogens is 228 g/mol. The van der Waals surface area contributed by atoms with Crippen molar-refractivity contribution < 1.29 is 9.90 Å². The zero-order valence-electron chi connectivity index (χ0n) is 11.1. The van der Waals surface area contributed by atoms with E-state index in [1.54, 1.807) is 0 Å². The van der Waals surface area contributed by atoms with E-state index in [1.165, 1.54) is 6.42 Å². The van der Waals surface area contributed by atoms with Gasteiger partial charge in [0.05, 0.1) is 0 Å². The van der Waals surface area contributed by atoms with Crippen LogP contribution in [0.4, 0.5) is 0 Å². The average molecular weight is 254 g/mol. The van der Waals surface area contributed by atoms with E-state index in [0.29, 0.717) is 12.5 Å². The van der Waals surface area contributed by atoms with Gasteiger partial charge >= 0.3 is 0 Å². The maximum atomic E-state index is 12.3. The highest BCUT2D eigenvalue weighted by molar-refractivity contribution is 5.79. The van der Waals surface area contributed by atoms with Crippen molar-refractivity contribution in [3.63, 3.8) is 0 Å². The summed E-state index contributed by atoms with van der Waals surface area (Å²) in [6.45, 7) is 0.808. The van der Waals surface area contributed by atoms with Crippen molar-refractivity contribution >= 4 is 5.91 Å². The molecular formula is C14H26N2O2. The molecule has 0 aliphatic heterocycles. The van der Waals surface area contributed by atoms with Crippen LogP contribution in [0.5, 0.6) is 0 Å². The average Bonchev–Trinajstić information content (AvgIpc) is 2.85. The van der Waals surface area contributed by atoms with Crippen LogP contribution in [0.1, 0.15) is 44.9 Å². The Morgan fingerprint density at radius 2 is 1.83 bits per heavy atom. The minimum atomic E-state index is 0.101. The molecule has 2 aliphatic rings. The van der Waals surface area contributed by atoms with Crippen LogP contribution in [-0.4, -0.2) is 30.2 Å². The molecule has 4 nitrogen and oxygen atoms in total. The van der Waals surface area contributed by atoms with Gasteiger partial charge in [-0.3, -0.25) is 4.79 Å². The van der Waals surface area contributed by atoms with Crippen molar-refractivity contribution in [2.75, 3.05) is 13.2 Å². The van der Waals surface area contributed by atoms with Crippen molar-refractivity contribution in [3.05, 3.63) is 0 Å². The van der Waals surface area contributed by atoms with Crippen LogP contribution in [0.15, 0.2) is 0 Å². The van der Waals surface area contributed by atoms with E-state index in [-0.39, 0.29) is 30.4 Å². The summed E-state index contributed by atoms with van der Waals surface area (Å²) in [4.78, 5) is 12.3. The molecule has 4 unspecified atom stereocenters. The number of rotatable bonds is 4. The van der Waals surface area contributed by atoms with Gasteiger partial charge in [0.25, 0.3) is 0 Å². The van der Waals surface area contributed by atoms with Crippen LogP contribution in [0, 0.1) is 17.8 Å². The van der Waals surface area contributed by atoms with Crippen LogP contribution in [0.3, 0.4) is 0 Å². The Bertz CT molecular complexity index is 283. The molecule has 4 atom stereocenters. The first kappa shape index (κ1) is 13.8. The summed E-state index contributed by atoms with van der Waals surface area (Å²) in [6.07, 6.45) is 7.56. The van der Waals surface area contributed by atoms with Crippen LogP contribution >= 0.6 is 0 Å². The quantitative estimate of drug-likeness (QED) is 0.701. The molecule has 2 saturated carbocycles. The molecule has 0 spiro atoms. The molecule has 0 heterocycles. The number of aliphatic hydroxyl groups excluding tert-OH is 1. The van der Waals surface area contributed by atoms with E-state index in [1.807, 2.05) is 0 Å². The zero-order chi connectivity index (χ0) is 13.0. The third-order valence-electron chi connectivity index (χ3n) is 4.77. The number of carbonyl (C=O) groups is 1. The fraction of sp³-hybridized carbons (Fsp3) is 0.929. The first-order chi connectivity index (χ1) is 8.76. The Morgan fingerprint density at radius 1 is 1.11 bits per heavy atom. The third-order valence-corrected chi connectivity index (χ3v) is 4.77. The molecule has 4 N–H and O–H groups in total. The van der Waals surface area contributed by atoms with Gasteiger partial charge in [-0.1, -0.05) is 19.3 Å². The van der Waals surface area contributed by atoms with Gasteiger partial charge in [-0.15, -0.1) is 0 Å². The lowest BCUT2D eigenvalue weighted by Crippen LogP contribution is -2.45. The molecule has 0 radical (unpaired) electrons. The molecule has 4 heteroatoms. The van der Waals surface area contributed by atoms with E-state index in [4.69, 9.17) is 5.73 Å². The summed E-state index contributed by atoms with van der Waals surface area (Å²) >= 11 is 0. The minimum absolute atomic E-state index is 0.101. The second-order valence-electron chi connectivity index (χ2n) is 5.88. The van der Waals surface area contributed by atoms with Gasteiger partial charge in [0.15, 0.2) is 0 Å². The van der Waals surface area contributed by atoms with Crippen molar-refractivity contribution in [3.8, 4) is 0 Å². The van der Waals surface area contributed by atoms with Crippen LogP contribution in [0.25, 0.3) is 0 Å². The van der Waals surface area contributed by atoms with Crippen molar-refractivity contribution in [1.82, 2.24) is 5.32 Å². The first-order valence-corrected chi connectivity index (χ1v) is 7.37. The standard InChI is InChI=1S/C14H26N2O2/c15-8-10-4-1-2-6-12(10)14(18)16-13-7-3-5-11(13)9-17/h10-13,17H,1-9,15H2,(H,16,18). The van der Waals surface area contributed by atoms with Crippen molar-refractivity contribution in [2.45, 2.75) is 51.0 Å². The SMILES string of the molecule is NCC1CCCCC1C(=O)NC1CCCC1CO. The maximum Gasteiger partial charge on any atom is 0.223 e. The Hall–Kier alpha value is -0.610. The van der Waals surface area contributed by atoms with Crippen molar-refractivity contribution in [2.24, 2.45) is 23.5 Å². The summed E-state index contributed by atoms with van der Waals surface area (Å²) in [5, 5.41) is 12.4. The number of hydrogen-bond acceptors (Lipinski definition) is 3. The predicted molar refractivity (Wildman–Crippen MR) is 70.9 cm³/mol. The lowest BCUT2D eigenvalue weighted by molar-refractivity contribution is -0.128. The van der Waals surface area contributed by atoms with Gasteiger partial charge in [-0.2, -0.15) is 0 Å².